The first-order valence-corrected chi connectivity index (χ1v) is 6.84. The fourth-order valence-corrected chi connectivity index (χ4v) is 2.31. The van der Waals surface area contributed by atoms with Gasteiger partial charge in [-0.05, 0) is 31.5 Å². The molecule has 2 rings (SSSR count). The summed E-state index contributed by atoms with van der Waals surface area (Å²) in [6, 6.07) is 15.1. The van der Waals surface area contributed by atoms with Gasteiger partial charge in [-0.1, -0.05) is 36.4 Å². The molecule has 0 fully saturated rings. The Labute approximate surface area is 124 Å². The summed E-state index contributed by atoms with van der Waals surface area (Å²) in [6.45, 7) is 4.62. The van der Waals surface area contributed by atoms with E-state index in [1.165, 1.54) is 0 Å². The van der Waals surface area contributed by atoms with Crippen LogP contribution in [0.3, 0.4) is 0 Å². The number of para-hydroxylation sites is 1. The molecule has 0 bridgehead atoms. The van der Waals surface area contributed by atoms with Crippen molar-refractivity contribution in [2.45, 2.75) is 26.4 Å². The van der Waals surface area contributed by atoms with Crippen molar-refractivity contribution in [1.29, 1.82) is 0 Å². The highest BCUT2D eigenvalue weighted by molar-refractivity contribution is 5.75. The topological polar surface area (TPSA) is 72.4 Å². The fourth-order valence-electron chi connectivity index (χ4n) is 2.31. The lowest BCUT2D eigenvalue weighted by Crippen LogP contribution is -2.30. The third-order valence-electron chi connectivity index (χ3n) is 3.36. The van der Waals surface area contributed by atoms with Crippen molar-refractivity contribution in [1.82, 2.24) is 0 Å². The van der Waals surface area contributed by atoms with Crippen LogP contribution in [0.25, 0.3) is 0 Å². The van der Waals surface area contributed by atoms with Gasteiger partial charge in [-0.3, -0.25) is 10.1 Å². The van der Waals surface area contributed by atoms with Crippen LogP contribution in [-0.4, -0.2) is 11.0 Å². The summed E-state index contributed by atoms with van der Waals surface area (Å²) >= 11 is 0. The highest BCUT2D eigenvalue weighted by atomic mass is 16.6. The minimum absolute atomic E-state index is 0.0258. The molecule has 2 N–H and O–H groups in total. The van der Waals surface area contributed by atoms with Gasteiger partial charge in [0.1, 0.15) is 11.4 Å². The molecule has 0 aromatic heterocycles. The maximum absolute atomic E-state index is 11.3. The van der Waals surface area contributed by atoms with Gasteiger partial charge in [-0.25, -0.2) is 0 Å². The first-order chi connectivity index (χ1) is 10.0. The van der Waals surface area contributed by atoms with Gasteiger partial charge in [0, 0.05) is 12.6 Å². The number of benzene rings is 2. The number of nitro benzene ring substituents is 1. The van der Waals surface area contributed by atoms with Crippen molar-refractivity contribution < 1.29 is 4.92 Å². The monoisotopic (exact) mass is 285 g/mol. The molecule has 110 valence electrons. The Hall–Kier alpha value is -2.56. The molecule has 0 aliphatic carbocycles. The number of anilines is 2. The van der Waals surface area contributed by atoms with Crippen LogP contribution in [-0.2, 0) is 6.54 Å². The number of rotatable bonds is 5. The summed E-state index contributed by atoms with van der Waals surface area (Å²) in [5.41, 5.74) is 7.60. The zero-order valence-corrected chi connectivity index (χ0v) is 12.2. The van der Waals surface area contributed by atoms with Gasteiger partial charge in [0.15, 0.2) is 0 Å². The van der Waals surface area contributed by atoms with Crippen LogP contribution >= 0.6 is 0 Å². The van der Waals surface area contributed by atoms with E-state index in [2.05, 4.69) is 0 Å². The molecular weight excluding hydrogens is 266 g/mol. The molecular formula is C16H19N3O2. The molecule has 0 saturated carbocycles. The number of hydrogen-bond donors (Lipinski definition) is 1. The molecule has 0 heterocycles. The number of hydrogen-bond acceptors (Lipinski definition) is 4. The van der Waals surface area contributed by atoms with Crippen molar-refractivity contribution in [3.63, 3.8) is 0 Å². The Morgan fingerprint density at radius 2 is 1.81 bits per heavy atom. The maximum atomic E-state index is 11.3. The van der Waals surface area contributed by atoms with Crippen molar-refractivity contribution in [3.05, 3.63) is 64.2 Å². The van der Waals surface area contributed by atoms with Crippen LogP contribution in [0, 0.1) is 10.1 Å². The Morgan fingerprint density at radius 3 is 2.38 bits per heavy atom. The molecule has 21 heavy (non-hydrogen) atoms. The second-order valence-corrected chi connectivity index (χ2v) is 5.18. The van der Waals surface area contributed by atoms with Crippen LogP contribution in [0.1, 0.15) is 19.4 Å². The molecule has 2 aromatic carbocycles. The van der Waals surface area contributed by atoms with Crippen LogP contribution in [0.5, 0.6) is 0 Å². The minimum atomic E-state index is -0.412. The van der Waals surface area contributed by atoms with Gasteiger partial charge >= 0.3 is 5.69 Å². The maximum Gasteiger partial charge on any atom is 0.315 e. The van der Waals surface area contributed by atoms with Crippen molar-refractivity contribution >= 4 is 17.1 Å². The second-order valence-electron chi connectivity index (χ2n) is 5.18. The summed E-state index contributed by atoms with van der Waals surface area (Å²) in [4.78, 5) is 12.9. The molecule has 0 radical (unpaired) electrons. The molecule has 0 unspecified atom stereocenters. The number of nitrogen functional groups attached to an aromatic ring is 1. The van der Waals surface area contributed by atoms with E-state index in [1.807, 2.05) is 49.1 Å². The SMILES string of the molecule is CC(C)N(Cc1ccccc1)c1cccc(N)c1[N+](=O)[O-]. The second kappa shape index (κ2) is 6.26. The zero-order valence-electron chi connectivity index (χ0n) is 12.2. The first-order valence-electron chi connectivity index (χ1n) is 6.84. The van der Waals surface area contributed by atoms with E-state index in [0.29, 0.717) is 12.2 Å². The van der Waals surface area contributed by atoms with E-state index in [4.69, 9.17) is 5.73 Å². The van der Waals surface area contributed by atoms with Crippen molar-refractivity contribution in [2.24, 2.45) is 0 Å². The molecule has 5 nitrogen and oxygen atoms in total. The van der Waals surface area contributed by atoms with E-state index >= 15 is 0 Å². The fraction of sp³-hybridized carbons (Fsp3) is 0.250. The molecule has 2 aromatic rings. The predicted octanol–water partition coefficient (Wildman–Crippen LogP) is 3.59. The molecule has 0 saturated heterocycles. The summed E-state index contributed by atoms with van der Waals surface area (Å²) in [6.07, 6.45) is 0. The minimum Gasteiger partial charge on any atom is -0.393 e. The standard InChI is InChI=1S/C16H19N3O2/c1-12(2)18(11-13-7-4-3-5-8-13)15-10-6-9-14(17)16(15)19(20)21/h3-10,12H,11,17H2,1-2H3. The smallest absolute Gasteiger partial charge is 0.315 e. The Morgan fingerprint density at radius 1 is 1.14 bits per heavy atom. The van der Waals surface area contributed by atoms with E-state index in [0.717, 1.165) is 5.56 Å². The van der Waals surface area contributed by atoms with E-state index < -0.39 is 4.92 Å². The summed E-state index contributed by atoms with van der Waals surface area (Å²) in [5.74, 6) is 0. The van der Waals surface area contributed by atoms with E-state index in [1.54, 1.807) is 18.2 Å². The Kier molecular flexibility index (Phi) is 4.42. The third kappa shape index (κ3) is 3.31. The highest BCUT2D eigenvalue weighted by Gasteiger charge is 2.24. The summed E-state index contributed by atoms with van der Waals surface area (Å²) in [5, 5.41) is 11.3. The quantitative estimate of drug-likeness (QED) is 0.517. The normalized spacial score (nSPS) is 10.6. The largest absolute Gasteiger partial charge is 0.393 e. The molecule has 0 aliphatic rings. The van der Waals surface area contributed by atoms with Crippen LogP contribution in [0.15, 0.2) is 48.5 Å². The third-order valence-corrected chi connectivity index (χ3v) is 3.36. The Balaban J connectivity index is 2.44. The van der Waals surface area contributed by atoms with Gasteiger partial charge < -0.3 is 10.6 Å². The lowest BCUT2D eigenvalue weighted by molar-refractivity contribution is -0.383. The van der Waals surface area contributed by atoms with Crippen LogP contribution < -0.4 is 10.6 Å². The average molecular weight is 285 g/mol. The van der Waals surface area contributed by atoms with Gasteiger partial charge in [0.25, 0.3) is 0 Å². The van der Waals surface area contributed by atoms with Gasteiger partial charge in [0.05, 0.1) is 4.92 Å². The van der Waals surface area contributed by atoms with Crippen molar-refractivity contribution in [2.75, 3.05) is 10.6 Å². The predicted molar refractivity (Wildman–Crippen MR) is 85.3 cm³/mol. The number of nitrogens with two attached hydrogens (primary N) is 1. The zero-order chi connectivity index (χ0) is 15.4. The van der Waals surface area contributed by atoms with Gasteiger partial charge in [-0.2, -0.15) is 0 Å². The summed E-state index contributed by atoms with van der Waals surface area (Å²) < 4.78 is 0. The van der Waals surface area contributed by atoms with Gasteiger partial charge in [0.2, 0.25) is 0 Å². The highest BCUT2D eigenvalue weighted by Crippen LogP contribution is 2.35. The molecule has 0 atom stereocenters. The first kappa shape index (κ1) is 14.8. The van der Waals surface area contributed by atoms with Gasteiger partial charge in [-0.15, -0.1) is 0 Å². The summed E-state index contributed by atoms with van der Waals surface area (Å²) in [7, 11) is 0. The van der Waals surface area contributed by atoms with E-state index in [-0.39, 0.29) is 17.4 Å². The van der Waals surface area contributed by atoms with E-state index in [9.17, 15) is 10.1 Å². The lowest BCUT2D eigenvalue weighted by Gasteiger charge is -2.29. The Bertz CT molecular complexity index is 627. The number of nitrogens with zero attached hydrogens (tertiary/aromatic N) is 2. The molecule has 0 spiro atoms. The lowest BCUT2D eigenvalue weighted by atomic mass is 10.1. The molecule has 0 amide bonds. The molecule has 0 aliphatic heterocycles. The molecule has 5 heteroatoms. The number of nitro groups is 1. The van der Waals surface area contributed by atoms with Crippen LogP contribution in [0.4, 0.5) is 17.1 Å². The van der Waals surface area contributed by atoms with Crippen molar-refractivity contribution in [3.8, 4) is 0 Å². The average Bonchev–Trinajstić information content (AvgIpc) is 2.45. The van der Waals surface area contributed by atoms with Crippen LogP contribution in [0.2, 0.25) is 0 Å².